The van der Waals surface area contributed by atoms with Crippen LogP contribution in [0.5, 0.6) is 0 Å². The number of ketones is 1. The Bertz CT molecular complexity index is 438. The Kier molecular flexibility index (Phi) is 6.94. The predicted octanol–water partition coefficient (Wildman–Crippen LogP) is 2.85. The van der Waals surface area contributed by atoms with Gasteiger partial charge < -0.3 is 10.6 Å². The number of carbonyl (C=O) groups excluding carboxylic acids is 2. The van der Waals surface area contributed by atoms with Crippen LogP contribution in [0.1, 0.15) is 44.0 Å². The van der Waals surface area contributed by atoms with Crippen LogP contribution in [0.3, 0.4) is 0 Å². The molecule has 4 nitrogen and oxygen atoms in total. The molecule has 0 aliphatic heterocycles. The second-order valence-corrected chi connectivity index (χ2v) is 5.36. The molecule has 0 aliphatic carbocycles. The summed E-state index contributed by atoms with van der Waals surface area (Å²) < 4.78 is 0. The van der Waals surface area contributed by atoms with Crippen molar-refractivity contribution in [3.05, 3.63) is 29.8 Å². The lowest BCUT2D eigenvalue weighted by molar-refractivity contribution is -0.116. The lowest BCUT2D eigenvalue weighted by atomic mass is 10.1. The first kappa shape index (κ1) is 16.4. The van der Waals surface area contributed by atoms with Gasteiger partial charge >= 0.3 is 0 Å². The van der Waals surface area contributed by atoms with Gasteiger partial charge in [-0.1, -0.05) is 13.8 Å². The number of amides is 1. The summed E-state index contributed by atoms with van der Waals surface area (Å²) in [6, 6.07) is 6.94. The maximum atomic E-state index is 11.7. The van der Waals surface area contributed by atoms with Crippen molar-refractivity contribution < 1.29 is 9.59 Å². The van der Waals surface area contributed by atoms with Crippen molar-refractivity contribution >= 4 is 17.4 Å². The highest BCUT2D eigenvalue weighted by molar-refractivity contribution is 5.95. The largest absolute Gasteiger partial charge is 0.326 e. The van der Waals surface area contributed by atoms with E-state index < -0.39 is 0 Å². The normalized spacial score (nSPS) is 10.6. The van der Waals surface area contributed by atoms with E-state index in [9.17, 15) is 9.59 Å². The van der Waals surface area contributed by atoms with Crippen LogP contribution in [0.25, 0.3) is 0 Å². The third-order valence-corrected chi connectivity index (χ3v) is 3.00. The Balaban J connectivity index is 2.26. The van der Waals surface area contributed by atoms with Crippen molar-refractivity contribution in [1.82, 2.24) is 5.32 Å². The second kappa shape index (κ2) is 8.48. The van der Waals surface area contributed by atoms with Crippen molar-refractivity contribution in [3.8, 4) is 0 Å². The summed E-state index contributed by atoms with van der Waals surface area (Å²) >= 11 is 0. The van der Waals surface area contributed by atoms with Crippen LogP contribution in [0.4, 0.5) is 5.69 Å². The highest BCUT2D eigenvalue weighted by Gasteiger charge is 2.03. The Morgan fingerprint density at radius 3 is 2.30 bits per heavy atom. The van der Waals surface area contributed by atoms with Crippen molar-refractivity contribution in [1.29, 1.82) is 0 Å². The van der Waals surface area contributed by atoms with Gasteiger partial charge in [-0.15, -0.1) is 0 Å². The average Bonchev–Trinajstić information content (AvgIpc) is 2.38. The zero-order chi connectivity index (χ0) is 15.0. The minimum Gasteiger partial charge on any atom is -0.326 e. The molecule has 1 amide bonds. The highest BCUT2D eigenvalue weighted by Crippen LogP contribution is 2.10. The van der Waals surface area contributed by atoms with E-state index in [0.717, 1.165) is 18.7 Å². The molecule has 0 saturated carbocycles. The predicted molar refractivity (Wildman–Crippen MR) is 82.0 cm³/mol. The van der Waals surface area contributed by atoms with Gasteiger partial charge in [-0.25, -0.2) is 0 Å². The molecule has 110 valence electrons. The van der Waals surface area contributed by atoms with Crippen LogP contribution in [0.2, 0.25) is 0 Å². The summed E-state index contributed by atoms with van der Waals surface area (Å²) in [4.78, 5) is 22.8. The van der Waals surface area contributed by atoms with Crippen LogP contribution in [-0.2, 0) is 4.79 Å². The van der Waals surface area contributed by atoms with Crippen LogP contribution in [0.15, 0.2) is 24.3 Å². The summed E-state index contributed by atoms with van der Waals surface area (Å²) in [5.41, 5.74) is 1.38. The second-order valence-electron chi connectivity index (χ2n) is 5.36. The lowest BCUT2D eigenvalue weighted by Crippen LogP contribution is -2.23. The number of Topliss-reactive ketones (excluding diaryl/α,β-unsaturated/α-hetero) is 1. The molecule has 0 atom stereocenters. The third-order valence-electron chi connectivity index (χ3n) is 3.00. The minimum atomic E-state index is -0.0161. The van der Waals surface area contributed by atoms with E-state index in [1.54, 1.807) is 24.3 Å². The number of nitrogens with one attached hydrogen (secondary N) is 2. The third kappa shape index (κ3) is 6.48. The molecule has 0 aliphatic rings. The van der Waals surface area contributed by atoms with Crippen LogP contribution < -0.4 is 10.6 Å². The molecule has 20 heavy (non-hydrogen) atoms. The molecule has 1 rings (SSSR count). The topological polar surface area (TPSA) is 58.2 Å². The quantitative estimate of drug-likeness (QED) is 0.567. The molecule has 0 saturated heterocycles. The Morgan fingerprint density at radius 2 is 1.75 bits per heavy atom. The highest BCUT2D eigenvalue weighted by atomic mass is 16.1. The fourth-order valence-corrected chi connectivity index (χ4v) is 1.73. The van der Waals surface area contributed by atoms with Crippen LogP contribution >= 0.6 is 0 Å². The van der Waals surface area contributed by atoms with Crippen molar-refractivity contribution in [3.63, 3.8) is 0 Å². The lowest BCUT2D eigenvalue weighted by Gasteiger charge is -2.08. The first-order valence-corrected chi connectivity index (χ1v) is 7.10. The van der Waals surface area contributed by atoms with E-state index in [1.807, 2.05) is 0 Å². The smallest absolute Gasteiger partial charge is 0.225 e. The van der Waals surface area contributed by atoms with E-state index in [0.29, 0.717) is 24.4 Å². The molecule has 1 aromatic carbocycles. The summed E-state index contributed by atoms with van der Waals surface area (Å²) in [7, 11) is 0. The van der Waals surface area contributed by atoms with Gasteiger partial charge in [0.05, 0.1) is 0 Å². The van der Waals surface area contributed by atoms with Gasteiger partial charge in [-0.05, 0) is 50.1 Å². The Labute approximate surface area is 121 Å². The van der Waals surface area contributed by atoms with Crippen LogP contribution in [-0.4, -0.2) is 24.8 Å². The SMILES string of the molecule is CC(=O)c1ccc(NC(=O)CCNCCC(C)C)cc1. The molecule has 0 radical (unpaired) electrons. The van der Waals surface area contributed by atoms with Gasteiger partial charge in [0, 0.05) is 24.2 Å². The Hall–Kier alpha value is -1.68. The average molecular weight is 276 g/mol. The van der Waals surface area contributed by atoms with Crippen molar-refractivity contribution in [2.75, 3.05) is 18.4 Å². The molecule has 0 fully saturated rings. The van der Waals surface area contributed by atoms with E-state index in [2.05, 4.69) is 24.5 Å². The molecule has 4 heteroatoms. The maximum Gasteiger partial charge on any atom is 0.225 e. The number of hydrogen-bond donors (Lipinski definition) is 2. The van der Waals surface area contributed by atoms with E-state index in [-0.39, 0.29) is 11.7 Å². The van der Waals surface area contributed by atoms with Gasteiger partial charge in [0.15, 0.2) is 5.78 Å². The molecule has 0 spiro atoms. The van der Waals surface area contributed by atoms with E-state index in [1.165, 1.54) is 6.92 Å². The molecule has 0 unspecified atom stereocenters. The van der Waals surface area contributed by atoms with E-state index in [4.69, 9.17) is 0 Å². The van der Waals surface area contributed by atoms with Gasteiger partial charge in [0.1, 0.15) is 0 Å². The fraction of sp³-hybridized carbons (Fsp3) is 0.500. The number of rotatable bonds is 8. The van der Waals surface area contributed by atoms with Crippen molar-refractivity contribution in [2.45, 2.75) is 33.6 Å². The summed E-state index contributed by atoms with van der Waals surface area (Å²) in [6.45, 7) is 7.51. The molecule has 0 bridgehead atoms. The zero-order valence-electron chi connectivity index (χ0n) is 12.5. The minimum absolute atomic E-state index is 0.0161. The standard InChI is InChI=1S/C16H24N2O2/c1-12(2)8-10-17-11-9-16(20)18-15-6-4-14(5-7-15)13(3)19/h4-7,12,17H,8-11H2,1-3H3,(H,18,20). The van der Waals surface area contributed by atoms with Crippen molar-refractivity contribution in [2.24, 2.45) is 5.92 Å². The van der Waals surface area contributed by atoms with E-state index >= 15 is 0 Å². The van der Waals surface area contributed by atoms with Gasteiger partial charge in [0.25, 0.3) is 0 Å². The van der Waals surface area contributed by atoms with Gasteiger partial charge in [-0.3, -0.25) is 9.59 Å². The maximum absolute atomic E-state index is 11.7. The molecule has 1 aromatic rings. The summed E-state index contributed by atoms with van der Waals surface area (Å²) in [6.07, 6.45) is 1.57. The monoisotopic (exact) mass is 276 g/mol. The zero-order valence-corrected chi connectivity index (χ0v) is 12.5. The number of benzene rings is 1. The molecular formula is C16H24N2O2. The van der Waals surface area contributed by atoms with Crippen LogP contribution in [0, 0.1) is 5.92 Å². The molecule has 0 heterocycles. The molecular weight excluding hydrogens is 252 g/mol. The number of anilines is 1. The first-order chi connectivity index (χ1) is 9.49. The fourth-order valence-electron chi connectivity index (χ4n) is 1.73. The van der Waals surface area contributed by atoms with Gasteiger partial charge in [0.2, 0.25) is 5.91 Å². The Morgan fingerprint density at radius 1 is 1.10 bits per heavy atom. The summed E-state index contributed by atoms with van der Waals surface area (Å²) in [5.74, 6) is 0.686. The summed E-state index contributed by atoms with van der Waals surface area (Å²) in [5, 5.41) is 6.07. The molecule has 2 N–H and O–H groups in total. The number of hydrogen-bond acceptors (Lipinski definition) is 3. The first-order valence-electron chi connectivity index (χ1n) is 7.10. The van der Waals surface area contributed by atoms with Gasteiger partial charge in [-0.2, -0.15) is 0 Å². The molecule has 0 aromatic heterocycles. The number of carbonyl (C=O) groups is 2.